The minimum absolute atomic E-state index is 0. The Morgan fingerprint density at radius 3 is 2.70 bits per heavy atom. The predicted octanol–water partition coefficient (Wildman–Crippen LogP) is 2.93. The lowest BCUT2D eigenvalue weighted by Crippen LogP contribution is -2.48. The molecule has 0 aromatic heterocycles. The number of para-hydroxylation sites is 1. The van der Waals surface area contributed by atoms with Crippen LogP contribution in [0.5, 0.6) is 5.75 Å². The summed E-state index contributed by atoms with van der Waals surface area (Å²) in [7, 11) is 1.68. The Bertz CT molecular complexity index is 519. The Hall–Kier alpha value is -1.26. The van der Waals surface area contributed by atoms with Crippen molar-refractivity contribution in [2.24, 2.45) is 17.6 Å². The first kappa shape index (κ1) is 19.8. The van der Waals surface area contributed by atoms with E-state index in [4.69, 9.17) is 10.5 Å². The normalized spacial score (nSPS) is 20.7. The second-order valence-corrected chi connectivity index (χ2v) is 6.89. The number of rotatable bonds is 6. The van der Waals surface area contributed by atoms with Crippen LogP contribution in [0.25, 0.3) is 0 Å². The highest BCUT2D eigenvalue weighted by Crippen LogP contribution is 2.32. The van der Waals surface area contributed by atoms with Crippen molar-refractivity contribution >= 4 is 18.3 Å². The van der Waals surface area contributed by atoms with E-state index in [0.29, 0.717) is 12.5 Å². The van der Waals surface area contributed by atoms with Gasteiger partial charge in [-0.1, -0.05) is 24.6 Å². The zero-order valence-electron chi connectivity index (χ0n) is 14.3. The van der Waals surface area contributed by atoms with Crippen molar-refractivity contribution in [2.75, 3.05) is 13.7 Å². The molecule has 0 aliphatic heterocycles. The lowest BCUT2D eigenvalue weighted by atomic mass is 9.90. The van der Waals surface area contributed by atoms with E-state index in [0.717, 1.165) is 37.0 Å². The summed E-state index contributed by atoms with van der Waals surface area (Å²) >= 11 is 0. The van der Waals surface area contributed by atoms with Gasteiger partial charge in [-0.05, 0) is 57.2 Å². The number of carbonyl (C=O) groups excluding carboxylic acids is 1. The van der Waals surface area contributed by atoms with Gasteiger partial charge in [0.1, 0.15) is 5.75 Å². The number of nitrogens with two attached hydrogens (primary N) is 1. The van der Waals surface area contributed by atoms with Crippen molar-refractivity contribution in [3.63, 3.8) is 0 Å². The average Bonchev–Trinajstić information content (AvgIpc) is 2.95. The van der Waals surface area contributed by atoms with Gasteiger partial charge in [-0.3, -0.25) is 4.79 Å². The molecule has 23 heavy (non-hydrogen) atoms. The fourth-order valence-electron chi connectivity index (χ4n) is 3.46. The van der Waals surface area contributed by atoms with Gasteiger partial charge in [0.25, 0.3) is 0 Å². The summed E-state index contributed by atoms with van der Waals surface area (Å²) in [4.78, 5) is 12.6. The molecule has 2 atom stereocenters. The fourth-order valence-corrected chi connectivity index (χ4v) is 3.46. The van der Waals surface area contributed by atoms with Gasteiger partial charge in [0.2, 0.25) is 5.91 Å². The van der Waals surface area contributed by atoms with E-state index >= 15 is 0 Å². The molecule has 0 radical (unpaired) electrons. The van der Waals surface area contributed by atoms with Gasteiger partial charge < -0.3 is 15.8 Å². The molecule has 130 valence electrons. The van der Waals surface area contributed by atoms with Crippen molar-refractivity contribution < 1.29 is 9.53 Å². The van der Waals surface area contributed by atoms with Crippen LogP contribution in [-0.4, -0.2) is 25.1 Å². The molecular weight excluding hydrogens is 312 g/mol. The summed E-state index contributed by atoms with van der Waals surface area (Å²) < 4.78 is 5.40. The van der Waals surface area contributed by atoms with E-state index in [1.165, 1.54) is 0 Å². The SMILES string of the molecule is COc1ccccc1CC(C)(C)NC(=O)[C@@H]1CCC[C@@H]1CN.Cl. The van der Waals surface area contributed by atoms with Gasteiger partial charge in [0.05, 0.1) is 7.11 Å². The molecule has 0 bridgehead atoms. The maximum Gasteiger partial charge on any atom is 0.223 e. The minimum Gasteiger partial charge on any atom is -0.496 e. The smallest absolute Gasteiger partial charge is 0.223 e. The maximum absolute atomic E-state index is 12.6. The third-order valence-electron chi connectivity index (χ3n) is 4.59. The van der Waals surface area contributed by atoms with Crippen LogP contribution >= 0.6 is 12.4 Å². The largest absolute Gasteiger partial charge is 0.496 e. The molecule has 3 N–H and O–H groups in total. The van der Waals surface area contributed by atoms with Gasteiger partial charge >= 0.3 is 0 Å². The summed E-state index contributed by atoms with van der Waals surface area (Å²) in [5.74, 6) is 1.42. The number of halogens is 1. The molecule has 1 aromatic rings. The van der Waals surface area contributed by atoms with Crippen LogP contribution in [0.2, 0.25) is 0 Å². The fraction of sp³-hybridized carbons (Fsp3) is 0.611. The Kier molecular flexibility index (Phi) is 7.36. The van der Waals surface area contributed by atoms with Crippen molar-refractivity contribution in [3.05, 3.63) is 29.8 Å². The summed E-state index contributed by atoms with van der Waals surface area (Å²) in [6, 6.07) is 7.95. The molecule has 1 fully saturated rings. The van der Waals surface area contributed by atoms with Crippen molar-refractivity contribution in [3.8, 4) is 5.75 Å². The van der Waals surface area contributed by atoms with Gasteiger partial charge in [0, 0.05) is 11.5 Å². The number of ether oxygens (including phenoxy) is 1. The number of amides is 1. The third kappa shape index (κ3) is 5.11. The van der Waals surface area contributed by atoms with Gasteiger partial charge in [-0.25, -0.2) is 0 Å². The van der Waals surface area contributed by atoms with Crippen LogP contribution in [0, 0.1) is 11.8 Å². The molecular formula is C18H29ClN2O2. The highest BCUT2D eigenvalue weighted by atomic mass is 35.5. The molecule has 5 heteroatoms. The zero-order valence-corrected chi connectivity index (χ0v) is 15.1. The van der Waals surface area contributed by atoms with Crippen LogP contribution in [-0.2, 0) is 11.2 Å². The number of nitrogens with one attached hydrogen (secondary N) is 1. The quantitative estimate of drug-likeness (QED) is 0.836. The number of hydrogen-bond acceptors (Lipinski definition) is 3. The maximum atomic E-state index is 12.6. The van der Waals surface area contributed by atoms with Crippen LogP contribution in [0.4, 0.5) is 0 Å². The number of benzene rings is 1. The number of carbonyl (C=O) groups is 1. The summed E-state index contributed by atoms with van der Waals surface area (Å²) in [6.45, 7) is 4.72. The second-order valence-electron chi connectivity index (χ2n) is 6.89. The topological polar surface area (TPSA) is 64.3 Å². The van der Waals surface area contributed by atoms with Crippen LogP contribution < -0.4 is 15.8 Å². The van der Waals surface area contributed by atoms with E-state index in [9.17, 15) is 4.79 Å². The van der Waals surface area contributed by atoms with Crippen LogP contribution in [0.15, 0.2) is 24.3 Å². The molecule has 1 aliphatic rings. The first-order valence-electron chi connectivity index (χ1n) is 8.11. The summed E-state index contributed by atoms with van der Waals surface area (Å²) in [6.07, 6.45) is 3.87. The Labute approximate surface area is 145 Å². The van der Waals surface area contributed by atoms with E-state index < -0.39 is 0 Å². The molecule has 4 nitrogen and oxygen atoms in total. The van der Waals surface area contributed by atoms with Gasteiger partial charge in [0.15, 0.2) is 0 Å². The first-order chi connectivity index (χ1) is 10.5. The van der Waals surface area contributed by atoms with E-state index in [1.54, 1.807) is 7.11 Å². The van der Waals surface area contributed by atoms with Crippen molar-refractivity contribution in [1.82, 2.24) is 5.32 Å². The molecule has 2 rings (SSSR count). The highest BCUT2D eigenvalue weighted by Gasteiger charge is 2.34. The molecule has 1 amide bonds. The minimum atomic E-state index is -0.312. The van der Waals surface area contributed by atoms with Gasteiger partial charge in [-0.15, -0.1) is 12.4 Å². The lowest BCUT2D eigenvalue weighted by molar-refractivity contribution is -0.127. The van der Waals surface area contributed by atoms with Crippen LogP contribution in [0.1, 0.15) is 38.7 Å². The Balaban J connectivity index is 0.00000264. The molecule has 1 saturated carbocycles. The van der Waals surface area contributed by atoms with Crippen molar-refractivity contribution in [2.45, 2.75) is 45.1 Å². The zero-order chi connectivity index (χ0) is 16.2. The Morgan fingerprint density at radius 1 is 1.35 bits per heavy atom. The monoisotopic (exact) mass is 340 g/mol. The highest BCUT2D eigenvalue weighted by molar-refractivity contribution is 5.85. The van der Waals surface area contributed by atoms with E-state index in [1.807, 2.05) is 24.3 Å². The van der Waals surface area contributed by atoms with E-state index in [2.05, 4.69) is 19.2 Å². The average molecular weight is 341 g/mol. The van der Waals surface area contributed by atoms with Crippen molar-refractivity contribution in [1.29, 1.82) is 0 Å². The first-order valence-corrected chi connectivity index (χ1v) is 8.11. The number of hydrogen-bond donors (Lipinski definition) is 2. The van der Waals surface area contributed by atoms with Gasteiger partial charge in [-0.2, -0.15) is 0 Å². The standard InChI is InChI=1S/C18H28N2O2.ClH/c1-18(2,11-13-7-4-5-10-16(13)22-3)20-17(21)15-9-6-8-14(15)12-19;/h4-5,7,10,14-15H,6,8-9,11-12,19H2,1-3H3,(H,20,21);1H/t14-,15-;/m1./s1. The molecule has 1 aromatic carbocycles. The summed E-state index contributed by atoms with van der Waals surface area (Å²) in [5, 5.41) is 3.21. The molecule has 0 spiro atoms. The molecule has 0 unspecified atom stereocenters. The van der Waals surface area contributed by atoms with Crippen LogP contribution in [0.3, 0.4) is 0 Å². The molecule has 1 aliphatic carbocycles. The number of methoxy groups -OCH3 is 1. The molecule has 0 saturated heterocycles. The predicted molar refractivity (Wildman–Crippen MR) is 96.1 cm³/mol. The molecule has 0 heterocycles. The lowest BCUT2D eigenvalue weighted by Gasteiger charge is -2.30. The summed E-state index contributed by atoms with van der Waals surface area (Å²) in [5.41, 5.74) is 6.59. The van der Waals surface area contributed by atoms with E-state index in [-0.39, 0.29) is 29.8 Å². The third-order valence-corrected chi connectivity index (χ3v) is 4.59. The Morgan fingerprint density at radius 2 is 2.04 bits per heavy atom. The second kappa shape index (κ2) is 8.55.